The lowest BCUT2D eigenvalue weighted by Gasteiger charge is -2.08. The number of methoxy groups -OCH3 is 1. The van der Waals surface area contributed by atoms with Crippen molar-refractivity contribution in [1.82, 2.24) is 9.72 Å². The van der Waals surface area contributed by atoms with Crippen molar-refractivity contribution in [1.29, 1.82) is 5.26 Å². The molecule has 1 amide bonds. The molecule has 0 radical (unpaired) electrons. The highest BCUT2D eigenvalue weighted by Crippen LogP contribution is 2.19. The summed E-state index contributed by atoms with van der Waals surface area (Å²) in [6.45, 7) is 8.36. The maximum Gasteiger partial charge on any atom is 0.349 e. The highest BCUT2D eigenvalue weighted by atomic mass is 16.5. The highest BCUT2D eigenvalue weighted by Gasteiger charge is 2.17. The van der Waals surface area contributed by atoms with Crippen molar-refractivity contribution in [3.8, 4) is 6.07 Å². The van der Waals surface area contributed by atoms with Crippen LogP contribution >= 0.6 is 0 Å². The summed E-state index contributed by atoms with van der Waals surface area (Å²) in [5, 5.41) is 15.6. The molecule has 0 saturated carbocycles. The van der Waals surface area contributed by atoms with E-state index in [1.54, 1.807) is 13.2 Å². The molecule has 0 fully saturated rings. The van der Waals surface area contributed by atoms with Gasteiger partial charge in [0.15, 0.2) is 6.61 Å². The van der Waals surface area contributed by atoms with Gasteiger partial charge in [-0.25, -0.2) is 4.79 Å². The van der Waals surface area contributed by atoms with Crippen LogP contribution < -0.4 is 5.32 Å². The molecule has 2 rings (SSSR count). The zero-order valence-corrected chi connectivity index (χ0v) is 17.8. The summed E-state index contributed by atoms with van der Waals surface area (Å²) in [4.78, 5) is 24.2. The molecule has 0 aliphatic heterocycles. The maximum absolute atomic E-state index is 12.2. The Balaban J connectivity index is 2.00. The molecule has 0 aromatic carbocycles. The van der Waals surface area contributed by atoms with Crippen molar-refractivity contribution in [3.05, 3.63) is 40.4 Å². The Hall–Kier alpha value is -3.38. The van der Waals surface area contributed by atoms with E-state index in [1.165, 1.54) is 6.08 Å². The molecule has 160 valence electrons. The van der Waals surface area contributed by atoms with Gasteiger partial charge in [0.2, 0.25) is 5.88 Å². The first-order chi connectivity index (χ1) is 14.3. The van der Waals surface area contributed by atoms with Gasteiger partial charge in [-0.1, -0.05) is 19.0 Å². The number of nitrogens with zero attached hydrogens (tertiary/aromatic N) is 3. The van der Waals surface area contributed by atoms with Crippen LogP contribution in [0.5, 0.6) is 0 Å². The van der Waals surface area contributed by atoms with Gasteiger partial charge in [0.1, 0.15) is 11.6 Å². The summed E-state index contributed by atoms with van der Waals surface area (Å²) in [5.74, 6) is -1.16. The molecule has 0 bridgehead atoms. The zero-order valence-electron chi connectivity index (χ0n) is 17.8. The number of hydrogen-bond donors (Lipinski definition) is 1. The van der Waals surface area contributed by atoms with Gasteiger partial charge < -0.3 is 18.6 Å². The summed E-state index contributed by atoms with van der Waals surface area (Å²) in [5.41, 5.74) is 3.10. The van der Waals surface area contributed by atoms with Crippen LogP contribution in [0.3, 0.4) is 0 Å². The summed E-state index contributed by atoms with van der Waals surface area (Å²) < 4.78 is 17.1. The number of amides is 1. The van der Waals surface area contributed by atoms with Crippen LogP contribution in [-0.4, -0.2) is 41.9 Å². The lowest BCUT2D eigenvalue weighted by atomic mass is 10.1. The molecule has 9 heteroatoms. The van der Waals surface area contributed by atoms with E-state index in [0.29, 0.717) is 18.8 Å². The van der Waals surface area contributed by atoms with Crippen LogP contribution in [0.15, 0.2) is 22.2 Å². The third kappa shape index (κ3) is 5.81. The fourth-order valence-electron chi connectivity index (χ4n) is 2.80. The molecule has 30 heavy (non-hydrogen) atoms. The average molecular weight is 414 g/mol. The lowest BCUT2D eigenvalue weighted by Crippen LogP contribution is -2.21. The minimum Gasteiger partial charge on any atom is -0.451 e. The Bertz CT molecular complexity index is 978. The van der Waals surface area contributed by atoms with Crippen LogP contribution in [-0.2, 0) is 25.6 Å². The van der Waals surface area contributed by atoms with E-state index in [1.807, 2.05) is 44.4 Å². The topological polar surface area (TPSA) is 119 Å². The number of nitriles is 1. The molecule has 1 N–H and O–H groups in total. The maximum atomic E-state index is 12.2. The molecule has 9 nitrogen and oxygen atoms in total. The smallest absolute Gasteiger partial charge is 0.349 e. The fourth-order valence-corrected chi connectivity index (χ4v) is 2.80. The largest absolute Gasteiger partial charge is 0.451 e. The third-order valence-corrected chi connectivity index (χ3v) is 4.49. The summed E-state index contributed by atoms with van der Waals surface area (Å²) in [6.07, 6.45) is 1.46. The monoisotopic (exact) mass is 414 g/mol. The normalized spacial score (nSPS) is 11.4. The first kappa shape index (κ1) is 22.9. The lowest BCUT2D eigenvalue weighted by molar-refractivity contribution is -0.142. The summed E-state index contributed by atoms with van der Waals surface area (Å²) in [6, 6.07) is 5.31. The molecule has 0 spiro atoms. The van der Waals surface area contributed by atoms with Crippen molar-refractivity contribution >= 4 is 23.8 Å². The van der Waals surface area contributed by atoms with Crippen molar-refractivity contribution < 1.29 is 23.6 Å². The van der Waals surface area contributed by atoms with E-state index in [4.69, 9.17) is 14.0 Å². The second kappa shape index (κ2) is 10.4. The standard InChI is InChI=1S/C21H26N4O5/c1-13(2)18-10-20(30-24-18)23-19(26)12-29-21(27)17(11-22)9-16-8-14(3)25(15(16)4)6-7-28-5/h8-10,13H,6-7,12H2,1-5H3,(H,23,26)/b17-9+. The first-order valence-corrected chi connectivity index (χ1v) is 9.47. The van der Waals surface area contributed by atoms with E-state index in [2.05, 4.69) is 10.5 Å². The minimum atomic E-state index is -0.880. The highest BCUT2D eigenvalue weighted by molar-refractivity contribution is 6.00. The number of rotatable bonds is 9. The summed E-state index contributed by atoms with van der Waals surface area (Å²) >= 11 is 0. The Labute approximate surface area is 175 Å². The minimum absolute atomic E-state index is 0.150. The first-order valence-electron chi connectivity index (χ1n) is 9.47. The fraction of sp³-hybridized carbons (Fsp3) is 0.429. The Morgan fingerprint density at radius 1 is 1.37 bits per heavy atom. The molecule has 0 unspecified atom stereocenters. The predicted molar refractivity (Wildman–Crippen MR) is 110 cm³/mol. The number of carbonyl (C=O) groups excluding carboxylic acids is 2. The molecular formula is C21H26N4O5. The van der Waals surface area contributed by atoms with Crippen LogP contribution in [0.2, 0.25) is 0 Å². The van der Waals surface area contributed by atoms with Gasteiger partial charge >= 0.3 is 5.97 Å². The van der Waals surface area contributed by atoms with Crippen LogP contribution in [0, 0.1) is 25.2 Å². The number of ether oxygens (including phenoxy) is 2. The van der Waals surface area contributed by atoms with E-state index in [-0.39, 0.29) is 17.4 Å². The van der Waals surface area contributed by atoms with Crippen molar-refractivity contribution in [2.75, 3.05) is 25.6 Å². The predicted octanol–water partition coefficient (Wildman–Crippen LogP) is 2.95. The molecule has 2 aromatic heterocycles. The Morgan fingerprint density at radius 3 is 2.70 bits per heavy atom. The molecule has 2 heterocycles. The van der Waals surface area contributed by atoms with Gasteiger partial charge in [0.05, 0.1) is 12.3 Å². The molecule has 0 atom stereocenters. The van der Waals surface area contributed by atoms with Crippen LogP contribution in [0.4, 0.5) is 5.88 Å². The molecule has 0 aliphatic rings. The van der Waals surface area contributed by atoms with Crippen molar-refractivity contribution in [2.45, 2.75) is 40.2 Å². The van der Waals surface area contributed by atoms with Gasteiger partial charge in [-0.15, -0.1) is 0 Å². The van der Waals surface area contributed by atoms with Gasteiger partial charge in [0, 0.05) is 31.1 Å². The number of hydrogen-bond acceptors (Lipinski definition) is 7. The van der Waals surface area contributed by atoms with Crippen molar-refractivity contribution in [3.63, 3.8) is 0 Å². The average Bonchev–Trinajstić information content (AvgIpc) is 3.27. The number of esters is 1. The number of aromatic nitrogens is 2. The molecule has 0 aliphatic carbocycles. The summed E-state index contributed by atoms with van der Waals surface area (Å²) in [7, 11) is 1.63. The SMILES string of the molecule is COCCn1c(C)cc(/C=C(\C#N)C(=O)OCC(=O)Nc2cc(C(C)C)no2)c1C. The van der Waals surface area contributed by atoms with Gasteiger partial charge in [-0.05, 0) is 37.5 Å². The van der Waals surface area contributed by atoms with E-state index in [9.17, 15) is 14.9 Å². The van der Waals surface area contributed by atoms with Gasteiger partial charge in [-0.3, -0.25) is 10.1 Å². The van der Waals surface area contributed by atoms with Gasteiger partial charge in [0.25, 0.3) is 5.91 Å². The molecule has 0 saturated heterocycles. The van der Waals surface area contributed by atoms with Crippen molar-refractivity contribution in [2.24, 2.45) is 0 Å². The second-order valence-electron chi connectivity index (χ2n) is 7.04. The van der Waals surface area contributed by atoms with Gasteiger partial charge in [-0.2, -0.15) is 5.26 Å². The van der Waals surface area contributed by atoms with Crippen LogP contribution in [0.1, 0.15) is 42.4 Å². The second-order valence-corrected chi connectivity index (χ2v) is 7.04. The number of anilines is 1. The van der Waals surface area contributed by atoms with Crippen LogP contribution in [0.25, 0.3) is 6.08 Å². The van der Waals surface area contributed by atoms with E-state index < -0.39 is 18.5 Å². The van der Waals surface area contributed by atoms with E-state index >= 15 is 0 Å². The number of aryl methyl sites for hydroxylation is 1. The third-order valence-electron chi connectivity index (χ3n) is 4.49. The number of nitrogens with one attached hydrogen (secondary N) is 1. The number of carbonyl (C=O) groups is 2. The van der Waals surface area contributed by atoms with E-state index in [0.717, 1.165) is 17.0 Å². The molecule has 2 aromatic rings. The zero-order chi connectivity index (χ0) is 22.3. The quantitative estimate of drug-likeness (QED) is 0.380. The Morgan fingerprint density at radius 2 is 2.10 bits per heavy atom. The molecular weight excluding hydrogens is 388 g/mol. The Kier molecular flexibility index (Phi) is 7.95.